The number of hydrogen-bond donors (Lipinski definition) is 2. The summed E-state index contributed by atoms with van der Waals surface area (Å²) in [5, 5.41) is 12.4. The predicted molar refractivity (Wildman–Crippen MR) is 78.6 cm³/mol. The molecule has 0 bridgehead atoms. The first-order valence-electron chi connectivity index (χ1n) is 7.01. The summed E-state index contributed by atoms with van der Waals surface area (Å²) in [6, 6.07) is 11.2. The van der Waals surface area contributed by atoms with E-state index in [0.29, 0.717) is 12.1 Å². The van der Waals surface area contributed by atoms with Crippen LogP contribution < -0.4 is 5.32 Å². The number of aliphatic hydroxyl groups is 1. The number of halogens is 2. The van der Waals surface area contributed by atoms with Crippen molar-refractivity contribution < 1.29 is 13.9 Å². The fourth-order valence-corrected chi connectivity index (χ4v) is 2.29. The van der Waals surface area contributed by atoms with E-state index in [0.717, 1.165) is 17.5 Å². The maximum absolute atomic E-state index is 13.3. The highest BCUT2D eigenvalue weighted by atomic mass is 19.1. The normalized spacial score (nSPS) is 12.4. The quantitative estimate of drug-likeness (QED) is 0.850. The Labute approximate surface area is 123 Å². The van der Waals surface area contributed by atoms with E-state index in [2.05, 4.69) is 5.32 Å². The Balaban J connectivity index is 2.04. The summed E-state index contributed by atoms with van der Waals surface area (Å²) in [6.45, 7) is 2.29. The Kier molecular flexibility index (Phi) is 5.42. The molecule has 1 atom stereocenters. The number of benzene rings is 2. The SMILES string of the molecule is CCC(NCc1ccc(F)c(CO)c1)c1ccc(F)cc1. The van der Waals surface area contributed by atoms with E-state index in [9.17, 15) is 8.78 Å². The lowest BCUT2D eigenvalue weighted by atomic mass is 10.0. The van der Waals surface area contributed by atoms with E-state index < -0.39 is 5.82 Å². The third-order valence-corrected chi connectivity index (χ3v) is 3.51. The molecular weight excluding hydrogens is 272 g/mol. The third kappa shape index (κ3) is 4.09. The highest BCUT2D eigenvalue weighted by Gasteiger charge is 2.09. The maximum atomic E-state index is 13.3. The van der Waals surface area contributed by atoms with Crippen molar-refractivity contribution in [2.24, 2.45) is 0 Å². The van der Waals surface area contributed by atoms with E-state index in [-0.39, 0.29) is 18.5 Å². The summed E-state index contributed by atoms with van der Waals surface area (Å²) < 4.78 is 26.3. The molecule has 0 saturated carbocycles. The van der Waals surface area contributed by atoms with Crippen molar-refractivity contribution >= 4 is 0 Å². The van der Waals surface area contributed by atoms with Gasteiger partial charge in [0, 0.05) is 18.2 Å². The third-order valence-electron chi connectivity index (χ3n) is 3.51. The van der Waals surface area contributed by atoms with Crippen molar-refractivity contribution in [3.63, 3.8) is 0 Å². The molecule has 0 saturated heterocycles. The zero-order valence-electron chi connectivity index (χ0n) is 11.9. The van der Waals surface area contributed by atoms with Gasteiger partial charge in [-0.3, -0.25) is 0 Å². The van der Waals surface area contributed by atoms with Crippen LogP contribution in [0.5, 0.6) is 0 Å². The molecule has 2 nitrogen and oxygen atoms in total. The molecule has 0 aromatic heterocycles. The van der Waals surface area contributed by atoms with E-state index >= 15 is 0 Å². The molecule has 0 spiro atoms. The molecule has 0 amide bonds. The van der Waals surface area contributed by atoms with Gasteiger partial charge in [-0.15, -0.1) is 0 Å². The topological polar surface area (TPSA) is 32.3 Å². The monoisotopic (exact) mass is 291 g/mol. The number of rotatable bonds is 6. The first-order valence-corrected chi connectivity index (χ1v) is 7.01. The van der Waals surface area contributed by atoms with Gasteiger partial charge in [0.25, 0.3) is 0 Å². The van der Waals surface area contributed by atoms with Crippen LogP contribution in [0.3, 0.4) is 0 Å². The van der Waals surface area contributed by atoms with Crippen molar-refractivity contribution in [2.45, 2.75) is 32.5 Å². The molecule has 4 heteroatoms. The summed E-state index contributed by atoms with van der Waals surface area (Å²) in [5.41, 5.74) is 2.22. The van der Waals surface area contributed by atoms with Gasteiger partial charge >= 0.3 is 0 Å². The summed E-state index contributed by atoms with van der Waals surface area (Å²) >= 11 is 0. The van der Waals surface area contributed by atoms with Gasteiger partial charge in [-0.2, -0.15) is 0 Å². The molecule has 2 aromatic carbocycles. The largest absolute Gasteiger partial charge is 0.392 e. The van der Waals surface area contributed by atoms with Crippen LogP contribution in [-0.4, -0.2) is 5.11 Å². The lowest BCUT2D eigenvalue weighted by Gasteiger charge is -2.18. The minimum Gasteiger partial charge on any atom is -0.392 e. The van der Waals surface area contributed by atoms with E-state index in [1.807, 2.05) is 6.92 Å². The molecule has 2 aromatic rings. The van der Waals surface area contributed by atoms with Gasteiger partial charge in [0.2, 0.25) is 0 Å². The summed E-state index contributed by atoms with van der Waals surface area (Å²) in [7, 11) is 0. The van der Waals surface area contributed by atoms with Gasteiger partial charge in [0.05, 0.1) is 6.61 Å². The Morgan fingerprint density at radius 1 is 1.10 bits per heavy atom. The second-order valence-corrected chi connectivity index (χ2v) is 4.98. The van der Waals surface area contributed by atoms with Gasteiger partial charge in [-0.25, -0.2) is 8.78 Å². The van der Waals surface area contributed by atoms with Crippen LogP contribution in [0.4, 0.5) is 8.78 Å². The van der Waals surface area contributed by atoms with Crippen molar-refractivity contribution in [3.8, 4) is 0 Å². The molecule has 0 heterocycles. The Bertz CT molecular complexity index is 584. The molecule has 1 unspecified atom stereocenters. The van der Waals surface area contributed by atoms with Crippen LogP contribution in [0.25, 0.3) is 0 Å². The minimum atomic E-state index is -0.396. The fraction of sp³-hybridized carbons (Fsp3) is 0.294. The van der Waals surface area contributed by atoms with Gasteiger partial charge in [-0.1, -0.05) is 25.1 Å². The van der Waals surface area contributed by atoms with Crippen LogP contribution in [0.2, 0.25) is 0 Å². The standard InChI is InChI=1S/C17H19F2NO/c1-2-17(13-4-6-15(18)7-5-13)20-10-12-3-8-16(19)14(9-12)11-21/h3-9,17,20-21H,2,10-11H2,1H3. The molecule has 0 aliphatic heterocycles. The van der Waals surface area contributed by atoms with Crippen molar-refractivity contribution in [2.75, 3.05) is 0 Å². The highest BCUT2D eigenvalue weighted by Crippen LogP contribution is 2.18. The number of nitrogens with one attached hydrogen (secondary N) is 1. The lowest BCUT2D eigenvalue weighted by Crippen LogP contribution is -2.20. The molecule has 2 N–H and O–H groups in total. The zero-order chi connectivity index (χ0) is 15.2. The first kappa shape index (κ1) is 15.6. The average Bonchev–Trinajstić information content (AvgIpc) is 2.51. The molecule has 0 aliphatic carbocycles. The Morgan fingerprint density at radius 3 is 2.43 bits per heavy atom. The average molecular weight is 291 g/mol. The predicted octanol–water partition coefficient (Wildman–Crippen LogP) is 3.70. The van der Waals surface area contributed by atoms with Crippen LogP contribution in [-0.2, 0) is 13.2 Å². The van der Waals surface area contributed by atoms with Crippen LogP contribution in [0.1, 0.15) is 36.1 Å². The summed E-state index contributed by atoms with van der Waals surface area (Å²) in [4.78, 5) is 0. The first-order chi connectivity index (χ1) is 10.1. The van der Waals surface area contributed by atoms with Crippen LogP contribution >= 0.6 is 0 Å². The van der Waals surface area contributed by atoms with Crippen LogP contribution in [0, 0.1) is 11.6 Å². The molecule has 0 aliphatic rings. The van der Waals surface area contributed by atoms with Crippen molar-refractivity contribution in [1.82, 2.24) is 5.32 Å². The molecule has 112 valence electrons. The van der Waals surface area contributed by atoms with Gasteiger partial charge in [0.15, 0.2) is 0 Å². The van der Waals surface area contributed by atoms with Crippen molar-refractivity contribution in [3.05, 3.63) is 70.8 Å². The van der Waals surface area contributed by atoms with Crippen molar-refractivity contribution in [1.29, 1.82) is 0 Å². The fourth-order valence-electron chi connectivity index (χ4n) is 2.29. The zero-order valence-corrected chi connectivity index (χ0v) is 11.9. The second-order valence-electron chi connectivity index (χ2n) is 4.98. The second kappa shape index (κ2) is 7.29. The van der Waals surface area contributed by atoms with E-state index in [1.54, 1.807) is 24.3 Å². The lowest BCUT2D eigenvalue weighted by molar-refractivity contribution is 0.275. The van der Waals surface area contributed by atoms with Crippen LogP contribution in [0.15, 0.2) is 42.5 Å². The molecule has 21 heavy (non-hydrogen) atoms. The highest BCUT2D eigenvalue weighted by molar-refractivity contribution is 5.25. The number of hydrogen-bond acceptors (Lipinski definition) is 2. The number of aliphatic hydroxyl groups excluding tert-OH is 1. The van der Waals surface area contributed by atoms with Gasteiger partial charge in [-0.05, 0) is 41.8 Å². The van der Waals surface area contributed by atoms with E-state index in [4.69, 9.17) is 5.11 Å². The maximum Gasteiger partial charge on any atom is 0.128 e. The molecular formula is C17H19F2NO. The Morgan fingerprint density at radius 2 is 1.81 bits per heavy atom. The molecule has 0 radical (unpaired) electrons. The molecule has 0 fully saturated rings. The van der Waals surface area contributed by atoms with Gasteiger partial charge < -0.3 is 10.4 Å². The summed E-state index contributed by atoms with van der Waals surface area (Å²) in [5.74, 6) is -0.647. The van der Waals surface area contributed by atoms with E-state index in [1.165, 1.54) is 18.2 Å². The smallest absolute Gasteiger partial charge is 0.128 e. The summed E-state index contributed by atoms with van der Waals surface area (Å²) in [6.07, 6.45) is 0.861. The Hall–Kier alpha value is -1.78. The minimum absolute atomic E-state index is 0.105. The van der Waals surface area contributed by atoms with Gasteiger partial charge in [0.1, 0.15) is 11.6 Å². The molecule has 2 rings (SSSR count).